The van der Waals surface area contributed by atoms with Crippen LogP contribution in [0.2, 0.25) is 0 Å². The molecular weight excluding hydrogens is 320 g/mol. The molecule has 1 atom stereocenters. The van der Waals surface area contributed by atoms with Crippen molar-refractivity contribution in [2.24, 2.45) is 7.05 Å². The maximum Gasteiger partial charge on any atom is 0.227 e. The highest BCUT2D eigenvalue weighted by Crippen LogP contribution is 2.25. The smallest absolute Gasteiger partial charge is 0.227 e. The number of aryl methyl sites for hydroxylation is 2. The van der Waals surface area contributed by atoms with E-state index in [9.17, 15) is 4.79 Å². The summed E-state index contributed by atoms with van der Waals surface area (Å²) >= 11 is 0. The molecule has 8 nitrogen and oxygen atoms in total. The van der Waals surface area contributed by atoms with Crippen molar-refractivity contribution in [1.82, 2.24) is 24.6 Å². The molecule has 8 heteroatoms. The third-order valence-electron chi connectivity index (χ3n) is 4.67. The zero-order chi connectivity index (χ0) is 18.0. The van der Waals surface area contributed by atoms with Gasteiger partial charge in [0.1, 0.15) is 17.6 Å². The molecule has 1 fully saturated rings. The second kappa shape index (κ2) is 7.18. The van der Waals surface area contributed by atoms with Gasteiger partial charge < -0.3 is 15.0 Å². The Balaban J connectivity index is 1.73. The highest BCUT2D eigenvalue weighted by Gasteiger charge is 2.29. The number of nitrogens with zero attached hydrogens (tertiary/aromatic N) is 5. The molecule has 1 saturated heterocycles. The topological polar surface area (TPSA) is 85.2 Å². The fraction of sp³-hybridized carbons (Fsp3) is 0.529. The number of amides is 1. The molecule has 134 valence electrons. The Labute approximate surface area is 147 Å². The van der Waals surface area contributed by atoms with Gasteiger partial charge in [-0.15, -0.1) is 0 Å². The summed E-state index contributed by atoms with van der Waals surface area (Å²) in [6, 6.07) is 0. The van der Waals surface area contributed by atoms with E-state index in [0.29, 0.717) is 31.9 Å². The van der Waals surface area contributed by atoms with Gasteiger partial charge in [-0.1, -0.05) is 0 Å². The Kier molecular flexibility index (Phi) is 4.98. The minimum atomic E-state index is -0.273. The number of nitrogens with one attached hydrogen (secondary N) is 1. The molecule has 1 aliphatic heterocycles. The summed E-state index contributed by atoms with van der Waals surface area (Å²) in [5.41, 5.74) is 3.67. The van der Waals surface area contributed by atoms with Crippen LogP contribution in [0, 0.1) is 13.8 Å². The van der Waals surface area contributed by atoms with E-state index in [1.807, 2.05) is 30.5 Å². The van der Waals surface area contributed by atoms with Crippen LogP contribution in [0.25, 0.3) is 0 Å². The molecule has 3 heterocycles. The van der Waals surface area contributed by atoms with Crippen LogP contribution in [0.1, 0.15) is 28.7 Å². The quantitative estimate of drug-likeness (QED) is 0.891. The van der Waals surface area contributed by atoms with Crippen molar-refractivity contribution in [1.29, 1.82) is 0 Å². The first-order valence-corrected chi connectivity index (χ1v) is 8.38. The molecule has 25 heavy (non-hydrogen) atoms. The van der Waals surface area contributed by atoms with Gasteiger partial charge in [-0.3, -0.25) is 14.5 Å². The van der Waals surface area contributed by atoms with E-state index >= 15 is 0 Å². The average Bonchev–Trinajstić information content (AvgIpc) is 2.88. The molecule has 1 aliphatic rings. The standard InChI is InChI=1S/C17H24N6O2/c1-11-13(12(2)22(4)21-11)9-15(24)23-7-8-25-14(10-23)16-17(18-3)20-6-5-19-16/h5-6,14H,7-10H2,1-4H3,(H,18,20)/t14-/m1/s1. The average molecular weight is 344 g/mol. The minimum Gasteiger partial charge on any atom is -0.372 e. The van der Waals surface area contributed by atoms with E-state index in [0.717, 1.165) is 22.6 Å². The fourth-order valence-corrected chi connectivity index (χ4v) is 3.15. The molecular formula is C17H24N6O2. The van der Waals surface area contributed by atoms with Crippen LogP contribution >= 0.6 is 0 Å². The SMILES string of the molecule is CNc1nccnc1[C@H]1CN(C(=O)Cc2c(C)nn(C)c2C)CCO1. The van der Waals surface area contributed by atoms with Crippen LogP contribution in [0.3, 0.4) is 0 Å². The lowest BCUT2D eigenvalue weighted by atomic mass is 10.1. The Bertz CT molecular complexity index is 772. The molecule has 0 aromatic carbocycles. The zero-order valence-electron chi connectivity index (χ0n) is 15.1. The van der Waals surface area contributed by atoms with Gasteiger partial charge >= 0.3 is 0 Å². The van der Waals surface area contributed by atoms with Crippen LogP contribution in [0.5, 0.6) is 0 Å². The Hall–Kier alpha value is -2.48. The molecule has 2 aromatic heterocycles. The molecule has 1 N–H and O–H groups in total. The number of carbonyl (C=O) groups excluding carboxylic acids is 1. The molecule has 1 amide bonds. The molecule has 0 saturated carbocycles. The lowest BCUT2D eigenvalue weighted by Gasteiger charge is -2.33. The maximum atomic E-state index is 12.8. The van der Waals surface area contributed by atoms with Crippen molar-refractivity contribution in [3.8, 4) is 0 Å². The third-order valence-corrected chi connectivity index (χ3v) is 4.67. The van der Waals surface area contributed by atoms with Crippen LogP contribution < -0.4 is 5.32 Å². The summed E-state index contributed by atoms with van der Waals surface area (Å²) in [5.74, 6) is 0.767. The zero-order valence-corrected chi connectivity index (χ0v) is 15.1. The van der Waals surface area contributed by atoms with Crippen molar-refractivity contribution < 1.29 is 9.53 Å². The van der Waals surface area contributed by atoms with E-state index in [2.05, 4.69) is 20.4 Å². The number of hydrogen-bond donors (Lipinski definition) is 1. The summed E-state index contributed by atoms with van der Waals surface area (Å²) in [6.07, 6.45) is 3.36. The van der Waals surface area contributed by atoms with Gasteiger partial charge in [0.2, 0.25) is 5.91 Å². The second-order valence-electron chi connectivity index (χ2n) is 6.19. The van der Waals surface area contributed by atoms with E-state index < -0.39 is 0 Å². The molecule has 0 spiro atoms. The molecule has 0 bridgehead atoms. The predicted octanol–water partition coefficient (Wildman–Crippen LogP) is 1.01. The third kappa shape index (κ3) is 3.48. The number of hydrogen-bond acceptors (Lipinski definition) is 6. The van der Waals surface area contributed by atoms with Crippen LogP contribution in [0.15, 0.2) is 12.4 Å². The van der Waals surface area contributed by atoms with Crippen LogP contribution in [0.4, 0.5) is 5.82 Å². The summed E-state index contributed by atoms with van der Waals surface area (Å²) in [5, 5.41) is 7.42. The van der Waals surface area contributed by atoms with Gasteiger partial charge in [-0.25, -0.2) is 4.98 Å². The number of ether oxygens (including phenoxy) is 1. The van der Waals surface area contributed by atoms with Crippen molar-refractivity contribution in [2.75, 3.05) is 32.1 Å². The van der Waals surface area contributed by atoms with Gasteiger partial charge in [0.25, 0.3) is 0 Å². The summed E-state index contributed by atoms with van der Waals surface area (Å²) in [6.45, 7) is 5.48. The predicted molar refractivity (Wildman–Crippen MR) is 93.2 cm³/mol. The van der Waals surface area contributed by atoms with Crippen LogP contribution in [-0.2, 0) is 23.0 Å². The van der Waals surface area contributed by atoms with E-state index in [1.165, 1.54) is 0 Å². The van der Waals surface area contributed by atoms with E-state index in [1.54, 1.807) is 19.4 Å². The molecule has 0 aliphatic carbocycles. The Morgan fingerprint density at radius 3 is 2.80 bits per heavy atom. The van der Waals surface area contributed by atoms with Gasteiger partial charge in [-0.2, -0.15) is 5.10 Å². The van der Waals surface area contributed by atoms with Crippen molar-refractivity contribution in [3.63, 3.8) is 0 Å². The first-order valence-electron chi connectivity index (χ1n) is 8.38. The van der Waals surface area contributed by atoms with Gasteiger partial charge in [0.05, 0.1) is 25.3 Å². The van der Waals surface area contributed by atoms with Crippen molar-refractivity contribution in [2.45, 2.75) is 26.4 Å². The fourth-order valence-electron chi connectivity index (χ4n) is 3.15. The first-order chi connectivity index (χ1) is 12.0. The number of aromatic nitrogens is 4. The van der Waals surface area contributed by atoms with Crippen molar-refractivity contribution >= 4 is 11.7 Å². The lowest BCUT2D eigenvalue weighted by Crippen LogP contribution is -2.43. The summed E-state index contributed by atoms with van der Waals surface area (Å²) in [7, 11) is 3.70. The first kappa shape index (κ1) is 17.3. The number of morpholine rings is 1. The number of carbonyl (C=O) groups is 1. The van der Waals surface area contributed by atoms with E-state index in [-0.39, 0.29) is 12.0 Å². The maximum absolute atomic E-state index is 12.8. The summed E-state index contributed by atoms with van der Waals surface area (Å²) in [4.78, 5) is 23.3. The van der Waals surface area contributed by atoms with Crippen LogP contribution in [-0.4, -0.2) is 57.3 Å². The van der Waals surface area contributed by atoms with Gasteiger partial charge in [-0.05, 0) is 13.8 Å². The highest BCUT2D eigenvalue weighted by molar-refractivity contribution is 5.79. The largest absolute Gasteiger partial charge is 0.372 e. The summed E-state index contributed by atoms with van der Waals surface area (Å²) < 4.78 is 7.65. The van der Waals surface area contributed by atoms with Gasteiger partial charge in [0.15, 0.2) is 0 Å². The van der Waals surface area contributed by atoms with Gasteiger partial charge in [0, 0.05) is 44.3 Å². The molecule has 0 unspecified atom stereocenters. The van der Waals surface area contributed by atoms with E-state index in [4.69, 9.17) is 4.74 Å². The lowest BCUT2D eigenvalue weighted by molar-refractivity contribution is -0.138. The highest BCUT2D eigenvalue weighted by atomic mass is 16.5. The second-order valence-corrected chi connectivity index (χ2v) is 6.19. The normalized spacial score (nSPS) is 17.6. The Morgan fingerprint density at radius 2 is 2.12 bits per heavy atom. The molecule has 2 aromatic rings. The Morgan fingerprint density at radius 1 is 1.36 bits per heavy atom. The molecule has 3 rings (SSSR count). The van der Waals surface area contributed by atoms with Crippen molar-refractivity contribution in [3.05, 3.63) is 35.0 Å². The number of anilines is 1. The minimum absolute atomic E-state index is 0.0856. The molecule has 0 radical (unpaired) electrons. The number of rotatable bonds is 4. The monoisotopic (exact) mass is 344 g/mol.